The van der Waals surface area contributed by atoms with Crippen LogP contribution in [0.25, 0.3) is 5.65 Å². The van der Waals surface area contributed by atoms with Gasteiger partial charge in [0, 0.05) is 70.4 Å². The molecule has 9 rings (SSSR count). The molecule has 0 aliphatic carbocycles. The van der Waals surface area contributed by atoms with Crippen molar-refractivity contribution < 1.29 is 51.7 Å². The lowest BCUT2D eigenvalue weighted by Crippen LogP contribution is -2.54. The van der Waals surface area contributed by atoms with Gasteiger partial charge in [-0.1, -0.05) is 6.07 Å². The third-order valence-electron chi connectivity index (χ3n) is 11.9. The SMILES string of the molecule is O=C1CCC(N2C(=O)c3cccc(NCCCOC4CCN(C[C@H]5OC[C@H](n6cc(NC(=O)c7cnn8ccc(N9CCOCC9)nc78)c(C(F)F)n6)CO5)CC4)c3C2=O)C(=O)N1. The van der Waals surface area contributed by atoms with Crippen molar-refractivity contribution in [1.29, 1.82) is 0 Å². The number of benzene rings is 1. The number of piperidine rings is 2. The molecule has 5 aliphatic heterocycles. The van der Waals surface area contributed by atoms with Crippen molar-refractivity contribution in [2.75, 3.05) is 87.8 Å². The second-order valence-corrected chi connectivity index (χ2v) is 16.0. The smallest absolute Gasteiger partial charge is 0.284 e. The van der Waals surface area contributed by atoms with Gasteiger partial charge in [-0.25, -0.2) is 18.3 Å². The Morgan fingerprint density at radius 2 is 1.78 bits per heavy atom. The van der Waals surface area contributed by atoms with E-state index in [1.54, 1.807) is 30.5 Å². The summed E-state index contributed by atoms with van der Waals surface area (Å²) in [5.74, 6) is -2.17. The van der Waals surface area contributed by atoms with Crippen molar-refractivity contribution in [2.24, 2.45) is 0 Å². The molecule has 0 radical (unpaired) electrons. The molecule has 20 nitrogen and oxygen atoms in total. The van der Waals surface area contributed by atoms with Crippen molar-refractivity contribution in [3.05, 3.63) is 65.2 Å². The van der Waals surface area contributed by atoms with Gasteiger partial charge in [0.2, 0.25) is 11.8 Å². The number of amides is 5. The summed E-state index contributed by atoms with van der Waals surface area (Å²) in [6.07, 6.45) is 3.41. The zero-order valence-corrected chi connectivity index (χ0v) is 34.2. The Morgan fingerprint density at radius 1 is 0.984 bits per heavy atom. The molecular formula is C41H47F2N11O9. The van der Waals surface area contributed by atoms with Crippen LogP contribution in [0.1, 0.15) is 81.3 Å². The molecular weight excluding hydrogens is 829 g/mol. The fraction of sp³-hybridized carbons (Fsp3) is 0.512. The van der Waals surface area contributed by atoms with Gasteiger partial charge >= 0.3 is 0 Å². The van der Waals surface area contributed by atoms with Crippen LogP contribution in [0, 0.1) is 0 Å². The second kappa shape index (κ2) is 18.4. The Kier molecular flexibility index (Phi) is 12.4. The highest BCUT2D eigenvalue weighted by atomic mass is 19.3. The monoisotopic (exact) mass is 875 g/mol. The molecule has 8 heterocycles. The predicted octanol–water partition coefficient (Wildman–Crippen LogP) is 2.25. The number of anilines is 3. The third-order valence-corrected chi connectivity index (χ3v) is 11.9. The molecule has 1 unspecified atom stereocenters. The highest BCUT2D eigenvalue weighted by molar-refractivity contribution is 6.25. The largest absolute Gasteiger partial charge is 0.384 e. The van der Waals surface area contributed by atoms with E-state index in [1.165, 1.54) is 21.6 Å². The lowest BCUT2D eigenvalue weighted by molar-refractivity contribution is -0.206. The first-order valence-electron chi connectivity index (χ1n) is 21.1. The van der Waals surface area contributed by atoms with Crippen LogP contribution in [-0.2, 0) is 28.5 Å². The number of rotatable bonds is 14. The van der Waals surface area contributed by atoms with E-state index in [1.807, 2.05) is 4.90 Å². The molecule has 4 fully saturated rings. The lowest BCUT2D eigenvalue weighted by Gasteiger charge is -2.36. The quantitative estimate of drug-likeness (QED) is 0.122. The summed E-state index contributed by atoms with van der Waals surface area (Å²) in [7, 11) is 0. The first-order chi connectivity index (χ1) is 30.6. The maximum atomic E-state index is 14.2. The lowest BCUT2D eigenvalue weighted by atomic mass is 10.0. The highest BCUT2D eigenvalue weighted by Gasteiger charge is 2.45. The van der Waals surface area contributed by atoms with E-state index in [9.17, 15) is 32.8 Å². The van der Waals surface area contributed by atoms with Crippen molar-refractivity contribution in [2.45, 2.75) is 63.0 Å². The van der Waals surface area contributed by atoms with Gasteiger partial charge in [-0.05, 0) is 43.9 Å². The van der Waals surface area contributed by atoms with Crippen LogP contribution in [0.4, 0.5) is 26.0 Å². The van der Waals surface area contributed by atoms with E-state index in [4.69, 9.17) is 18.9 Å². The molecule has 1 atom stereocenters. The number of fused-ring (bicyclic) bond motifs is 2. The number of hydrogen-bond acceptors (Lipinski definition) is 15. The normalized spacial score (nSPS) is 22.6. The molecule has 5 amide bonds. The summed E-state index contributed by atoms with van der Waals surface area (Å²) in [5, 5.41) is 16.4. The standard InChI is InChI=1S/C41H47F2N11O9/c42-36(43)35-29(46-38(56)27-19-45-52-13-9-31(47-37(27)52)51-14-17-60-18-15-51)20-53(49-35)24-22-62-33(63-23-24)21-50-11-7-25(8-12-50)61-16-2-10-44-28-4-1-3-26-34(28)41(59)54(40(26)58)30-5-6-32(55)48-39(30)57/h1,3-4,9,13,19-20,24-25,30,33,36,44H,2,5-8,10-12,14-18,21-23H2,(H,46,56)(H,48,55,57)/t24-,30?,33-. The van der Waals surface area contributed by atoms with Crippen molar-refractivity contribution >= 4 is 52.4 Å². The number of carbonyl (C=O) groups is 5. The van der Waals surface area contributed by atoms with Gasteiger partial charge in [0.1, 0.15) is 17.4 Å². The minimum absolute atomic E-state index is 0.0524. The number of morpholine rings is 1. The van der Waals surface area contributed by atoms with E-state index in [2.05, 4.69) is 36.0 Å². The summed E-state index contributed by atoms with van der Waals surface area (Å²) in [6.45, 7) is 5.80. The predicted molar refractivity (Wildman–Crippen MR) is 218 cm³/mol. The molecule has 4 aromatic rings. The van der Waals surface area contributed by atoms with Crippen LogP contribution in [0.2, 0.25) is 0 Å². The number of nitrogens with zero attached hydrogens (tertiary/aromatic N) is 8. The van der Waals surface area contributed by atoms with Crippen LogP contribution in [0.3, 0.4) is 0 Å². The summed E-state index contributed by atoms with van der Waals surface area (Å²) < 4.78 is 54.8. The number of ether oxygens (including phenoxy) is 4. The second-order valence-electron chi connectivity index (χ2n) is 16.0. The number of aromatic nitrogens is 5. The Labute approximate surface area is 359 Å². The van der Waals surface area contributed by atoms with Crippen molar-refractivity contribution in [3.63, 3.8) is 0 Å². The number of imide groups is 2. The molecule has 3 N–H and O–H groups in total. The molecule has 5 aliphatic rings. The van der Waals surface area contributed by atoms with E-state index in [-0.39, 0.29) is 54.5 Å². The average molecular weight is 876 g/mol. The molecule has 63 heavy (non-hydrogen) atoms. The van der Waals surface area contributed by atoms with Gasteiger partial charge in [-0.3, -0.25) is 43.8 Å². The first kappa shape index (κ1) is 42.4. The zero-order chi connectivity index (χ0) is 43.6. The molecule has 4 saturated heterocycles. The van der Waals surface area contributed by atoms with Gasteiger partial charge in [-0.15, -0.1) is 0 Å². The fourth-order valence-electron chi connectivity index (χ4n) is 8.50. The van der Waals surface area contributed by atoms with Crippen LogP contribution in [0.15, 0.2) is 42.9 Å². The Morgan fingerprint density at radius 3 is 2.54 bits per heavy atom. The average Bonchev–Trinajstić information content (AvgIpc) is 3.99. The Bertz CT molecular complexity index is 2370. The molecule has 0 spiro atoms. The first-order valence-corrected chi connectivity index (χ1v) is 21.1. The molecule has 0 bridgehead atoms. The minimum Gasteiger partial charge on any atom is -0.384 e. The summed E-state index contributed by atoms with van der Waals surface area (Å²) >= 11 is 0. The topological polar surface area (TPSA) is 216 Å². The number of alkyl halides is 2. The number of halogens is 2. The molecule has 334 valence electrons. The zero-order valence-electron chi connectivity index (χ0n) is 34.2. The molecule has 0 saturated carbocycles. The molecule has 3 aromatic heterocycles. The van der Waals surface area contributed by atoms with Crippen molar-refractivity contribution in [3.8, 4) is 0 Å². The maximum Gasteiger partial charge on any atom is 0.284 e. The maximum absolute atomic E-state index is 14.2. The van der Waals surface area contributed by atoms with Crippen LogP contribution in [-0.4, -0.2) is 154 Å². The van der Waals surface area contributed by atoms with E-state index in [0.29, 0.717) is 69.6 Å². The number of likely N-dealkylation sites (tertiary alicyclic amines) is 1. The van der Waals surface area contributed by atoms with E-state index >= 15 is 0 Å². The minimum atomic E-state index is -2.95. The van der Waals surface area contributed by atoms with Crippen LogP contribution >= 0.6 is 0 Å². The van der Waals surface area contributed by atoms with Gasteiger partial charge in [0.25, 0.3) is 24.1 Å². The van der Waals surface area contributed by atoms with Gasteiger partial charge in [0.15, 0.2) is 17.6 Å². The van der Waals surface area contributed by atoms with Gasteiger partial charge in [0.05, 0.1) is 61.6 Å². The Balaban J connectivity index is 0.702. The van der Waals surface area contributed by atoms with Gasteiger partial charge in [-0.2, -0.15) is 10.2 Å². The van der Waals surface area contributed by atoms with Gasteiger partial charge < -0.3 is 34.5 Å². The molecule has 22 heteroatoms. The molecule has 1 aromatic carbocycles. The van der Waals surface area contributed by atoms with E-state index in [0.717, 1.165) is 30.8 Å². The summed E-state index contributed by atoms with van der Waals surface area (Å²) in [4.78, 5) is 73.8. The van der Waals surface area contributed by atoms with E-state index < -0.39 is 60.0 Å². The Hall–Kier alpha value is -5.94. The summed E-state index contributed by atoms with van der Waals surface area (Å²) in [5.41, 5.74) is 0.660. The van der Waals surface area contributed by atoms with Crippen LogP contribution < -0.4 is 20.9 Å². The number of carbonyl (C=O) groups excluding carboxylic acids is 5. The number of nitrogens with one attached hydrogen (secondary N) is 3. The number of hydrogen-bond donors (Lipinski definition) is 3. The fourth-order valence-corrected chi connectivity index (χ4v) is 8.50. The third kappa shape index (κ3) is 8.98. The summed E-state index contributed by atoms with van der Waals surface area (Å²) in [6, 6.07) is 5.24. The van der Waals surface area contributed by atoms with Crippen molar-refractivity contribution in [1.82, 2.24) is 39.5 Å². The van der Waals surface area contributed by atoms with Crippen LogP contribution in [0.5, 0.6) is 0 Å². The highest BCUT2D eigenvalue weighted by Crippen LogP contribution is 2.33.